The van der Waals surface area contributed by atoms with E-state index in [1.807, 2.05) is 0 Å². The zero-order chi connectivity index (χ0) is 13.2. The largest absolute Gasteiger partial charge is 0.327 e. The second kappa shape index (κ2) is 5.58. The number of hydrogen-bond donors (Lipinski definition) is 1. The molecule has 1 aromatic carbocycles. The summed E-state index contributed by atoms with van der Waals surface area (Å²) in [6.07, 6.45) is 6.42. The summed E-state index contributed by atoms with van der Waals surface area (Å²) in [4.78, 5) is 0. The van der Waals surface area contributed by atoms with Crippen LogP contribution in [-0.2, 0) is 6.42 Å². The van der Waals surface area contributed by atoms with Gasteiger partial charge in [0.1, 0.15) is 5.82 Å². The molecule has 1 aliphatic carbocycles. The molecule has 1 aliphatic rings. The van der Waals surface area contributed by atoms with Crippen LogP contribution in [0.25, 0.3) is 0 Å². The van der Waals surface area contributed by atoms with Crippen molar-refractivity contribution in [2.45, 2.75) is 51.5 Å². The first-order valence-corrected chi connectivity index (χ1v) is 7.15. The van der Waals surface area contributed by atoms with Crippen molar-refractivity contribution in [3.8, 4) is 0 Å². The molecule has 2 rings (SSSR count). The minimum absolute atomic E-state index is 0.000556. The molecule has 0 aromatic heterocycles. The van der Waals surface area contributed by atoms with Crippen molar-refractivity contribution in [3.63, 3.8) is 0 Å². The zero-order valence-electron chi connectivity index (χ0n) is 10.9. The van der Waals surface area contributed by atoms with E-state index in [0.717, 1.165) is 19.3 Å². The van der Waals surface area contributed by atoms with Crippen LogP contribution in [0.4, 0.5) is 4.39 Å². The normalized spacial score (nSPS) is 20.0. The highest BCUT2D eigenvalue weighted by molar-refractivity contribution is 6.31. The molecular formula is C15H21ClFN. The Hall–Kier alpha value is -0.600. The van der Waals surface area contributed by atoms with E-state index in [1.54, 1.807) is 12.1 Å². The van der Waals surface area contributed by atoms with E-state index in [0.29, 0.717) is 17.0 Å². The van der Waals surface area contributed by atoms with Crippen LogP contribution in [-0.4, -0.2) is 6.04 Å². The molecule has 3 heteroatoms. The molecule has 0 amide bonds. The van der Waals surface area contributed by atoms with Gasteiger partial charge in [-0.3, -0.25) is 0 Å². The predicted octanol–water partition coefficient (Wildman–Crippen LogP) is 4.32. The SMILES string of the molecule is CCC1(C(N)Cc2c(F)cccc2Cl)CCCC1. The molecule has 0 spiro atoms. The van der Waals surface area contributed by atoms with Crippen molar-refractivity contribution in [3.05, 3.63) is 34.6 Å². The summed E-state index contributed by atoms with van der Waals surface area (Å²) in [5, 5.41) is 0.495. The highest BCUT2D eigenvalue weighted by atomic mass is 35.5. The second-order valence-corrected chi connectivity index (χ2v) is 5.84. The highest BCUT2D eigenvalue weighted by Crippen LogP contribution is 2.44. The van der Waals surface area contributed by atoms with E-state index in [9.17, 15) is 4.39 Å². The lowest BCUT2D eigenvalue weighted by atomic mass is 9.74. The zero-order valence-corrected chi connectivity index (χ0v) is 11.6. The first-order chi connectivity index (χ1) is 8.59. The fourth-order valence-electron chi connectivity index (χ4n) is 3.23. The van der Waals surface area contributed by atoms with Crippen LogP contribution in [0.2, 0.25) is 5.02 Å². The van der Waals surface area contributed by atoms with Gasteiger partial charge in [0.05, 0.1) is 0 Å². The molecule has 1 nitrogen and oxygen atoms in total. The van der Waals surface area contributed by atoms with Gasteiger partial charge in [-0.2, -0.15) is 0 Å². The number of hydrogen-bond acceptors (Lipinski definition) is 1. The van der Waals surface area contributed by atoms with E-state index in [4.69, 9.17) is 17.3 Å². The summed E-state index contributed by atoms with van der Waals surface area (Å²) >= 11 is 6.07. The molecular weight excluding hydrogens is 249 g/mol. The van der Waals surface area contributed by atoms with Crippen LogP contribution in [0, 0.1) is 11.2 Å². The lowest BCUT2D eigenvalue weighted by Gasteiger charge is -2.34. The maximum absolute atomic E-state index is 13.8. The summed E-state index contributed by atoms with van der Waals surface area (Å²) in [5.41, 5.74) is 7.13. The third-order valence-corrected chi connectivity index (χ3v) is 4.93. The number of halogens is 2. The Morgan fingerprint density at radius 1 is 1.39 bits per heavy atom. The average molecular weight is 270 g/mol. The Balaban J connectivity index is 2.18. The van der Waals surface area contributed by atoms with Crippen LogP contribution < -0.4 is 5.73 Å². The summed E-state index contributed by atoms with van der Waals surface area (Å²) in [5.74, 6) is -0.234. The number of nitrogens with two attached hydrogens (primary N) is 1. The van der Waals surface area contributed by atoms with Crippen LogP contribution in [0.5, 0.6) is 0 Å². The summed E-state index contributed by atoms with van der Waals surface area (Å²) in [6, 6.07) is 4.83. The predicted molar refractivity (Wildman–Crippen MR) is 74.3 cm³/mol. The van der Waals surface area contributed by atoms with Crippen molar-refractivity contribution in [1.82, 2.24) is 0 Å². The van der Waals surface area contributed by atoms with Gasteiger partial charge in [-0.15, -0.1) is 0 Å². The minimum Gasteiger partial charge on any atom is -0.327 e. The van der Waals surface area contributed by atoms with Gasteiger partial charge in [0, 0.05) is 16.6 Å². The average Bonchev–Trinajstić information content (AvgIpc) is 2.84. The molecule has 0 bridgehead atoms. The molecule has 100 valence electrons. The van der Waals surface area contributed by atoms with Gasteiger partial charge in [0.25, 0.3) is 0 Å². The molecule has 1 atom stereocenters. The summed E-state index contributed by atoms with van der Waals surface area (Å²) < 4.78 is 13.8. The Labute approximate surface area is 114 Å². The minimum atomic E-state index is -0.234. The lowest BCUT2D eigenvalue weighted by molar-refractivity contribution is 0.218. The fraction of sp³-hybridized carbons (Fsp3) is 0.600. The van der Waals surface area contributed by atoms with Gasteiger partial charge in [0.15, 0.2) is 0 Å². The van der Waals surface area contributed by atoms with E-state index in [-0.39, 0.29) is 17.3 Å². The summed E-state index contributed by atoms with van der Waals surface area (Å²) in [7, 11) is 0. The molecule has 18 heavy (non-hydrogen) atoms. The van der Waals surface area contributed by atoms with E-state index < -0.39 is 0 Å². The monoisotopic (exact) mass is 269 g/mol. The van der Waals surface area contributed by atoms with Crippen LogP contribution in [0.15, 0.2) is 18.2 Å². The highest BCUT2D eigenvalue weighted by Gasteiger charge is 2.38. The lowest BCUT2D eigenvalue weighted by Crippen LogP contribution is -2.41. The molecule has 1 saturated carbocycles. The summed E-state index contributed by atoms with van der Waals surface area (Å²) in [6.45, 7) is 2.19. The quantitative estimate of drug-likeness (QED) is 0.866. The van der Waals surface area contributed by atoms with Crippen LogP contribution in [0.3, 0.4) is 0 Å². The van der Waals surface area contributed by atoms with Crippen molar-refractivity contribution in [1.29, 1.82) is 0 Å². The van der Waals surface area contributed by atoms with E-state index in [1.165, 1.54) is 18.9 Å². The molecule has 2 N–H and O–H groups in total. The van der Waals surface area contributed by atoms with Crippen molar-refractivity contribution in [2.75, 3.05) is 0 Å². The maximum Gasteiger partial charge on any atom is 0.127 e. The van der Waals surface area contributed by atoms with Crippen molar-refractivity contribution >= 4 is 11.6 Å². The Morgan fingerprint density at radius 3 is 2.61 bits per heavy atom. The Kier molecular flexibility index (Phi) is 4.29. The number of rotatable bonds is 4. The second-order valence-electron chi connectivity index (χ2n) is 5.43. The molecule has 1 aromatic rings. The molecule has 0 radical (unpaired) electrons. The van der Waals surface area contributed by atoms with E-state index >= 15 is 0 Å². The Morgan fingerprint density at radius 2 is 2.06 bits per heavy atom. The molecule has 0 aliphatic heterocycles. The third-order valence-electron chi connectivity index (χ3n) is 4.58. The van der Waals surface area contributed by atoms with Gasteiger partial charge >= 0.3 is 0 Å². The fourth-order valence-corrected chi connectivity index (χ4v) is 3.47. The van der Waals surface area contributed by atoms with Crippen molar-refractivity contribution < 1.29 is 4.39 Å². The van der Waals surface area contributed by atoms with Crippen LogP contribution in [0.1, 0.15) is 44.6 Å². The first kappa shape index (κ1) is 13.8. The molecule has 1 unspecified atom stereocenters. The smallest absolute Gasteiger partial charge is 0.127 e. The van der Waals surface area contributed by atoms with Gasteiger partial charge in [-0.1, -0.05) is 37.4 Å². The van der Waals surface area contributed by atoms with Gasteiger partial charge in [-0.25, -0.2) is 4.39 Å². The molecule has 0 heterocycles. The number of benzene rings is 1. The van der Waals surface area contributed by atoms with Crippen LogP contribution >= 0.6 is 11.6 Å². The maximum atomic E-state index is 13.8. The van der Waals surface area contributed by atoms with Gasteiger partial charge in [-0.05, 0) is 43.2 Å². The standard InChI is InChI=1S/C15H21ClFN/c1-2-15(8-3-4-9-15)14(18)10-11-12(16)6-5-7-13(11)17/h5-7,14H,2-4,8-10,18H2,1H3. The topological polar surface area (TPSA) is 26.0 Å². The first-order valence-electron chi connectivity index (χ1n) is 6.77. The van der Waals surface area contributed by atoms with Gasteiger partial charge < -0.3 is 5.73 Å². The van der Waals surface area contributed by atoms with Gasteiger partial charge in [0.2, 0.25) is 0 Å². The van der Waals surface area contributed by atoms with Crippen molar-refractivity contribution in [2.24, 2.45) is 11.1 Å². The molecule has 1 fully saturated rings. The Bertz CT molecular complexity index is 393. The molecule has 0 saturated heterocycles. The third kappa shape index (κ3) is 2.55. The van der Waals surface area contributed by atoms with E-state index in [2.05, 4.69) is 6.92 Å².